The van der Waals surface area contributed by atoms with Gasteiger partial charge in [0.15, 0.2) is 0 Å². The van der Waals surface area contributed by atoms with Gasteiger partial charge in [-0.3, -0.25) is 0 Å². The quantitative estimate of drug-likeness (QED) is 0.725. The highest BCUT2D eigenvalue weighted by Gasteiger charge is 2.16. The number of hydrogen-bond acceptors (Lipinski definition) is 4. The largest absolute Gasteiger partial charge is 0.378 e. The lowest BCUT2D eigenvalue weighted by Crippen LogP contribution is -2.36. The Labute approximate surface area is 96.6 Å². The second-order valence-corrected chi connectivity index (χ2v) is 3.96. The maximum Gasteiger partial charge on any atom is 0.125 e. The zero-order valence-corrected chi connectivity index (χ0v) is 9.70. The molecule has 0 bridgehead atoms. The molecule has 0 unspecified atom stereocenters. The summed E-state index contributed by atoms with van der Waals surface area (Å²) < 4.78 is 5.88. The number of aromatic nitrogens is 1. The summed E-state index contributed by atoms with van der Waals surface area (Å²) in [5.41, 5.74) is 1.53. The van der Waals surface area contributed by atoms with Crippen molar-refractivity contribution in [3.63, 3.8) is 0 Å². The van der Waals surface area contributed by atoms with Crippen molar-refractivity contribution in [1.29, 1.82) is 5.26 Å². The van der Waals surface area contributed by atoms with E-state index in [-0.39, 0.29) is 0 Å². The molecular weight excluding hydrogens is 258 g/mol. The van der Waals surface area contributed by atoms with Crippen LogP contribution < -0.4 is 4.90 Å². The van der Waals surface area contributed by atoms with Gasteiger partial charge in [-0.25, -0.2) is 4.98 Å². The average molecular weight is 268 g/mol. The van der Waals surface area contributed by atoms with Gasteiger partial charge in [0.2, 0.25) is 0 Å². The SMILES string of the molecule is N#Cc1c(N2CCOCC2)ccnc1Br. The third-order valence-electron chi connectivity index (χ3n) is 2.35. The molecule has 2 rings (SSSR count). The fourth-order valence-electron chi connectivity index (χ4n) is 1.60. The molecule has 0 atom stereocenters. The number of hydrogen-bond donors (Lipinski definition) is 0. The van der Waals surface area contributed by atoms with E-state index in [9.17, 15) is 0 Å². The lowest BCUT2D eigenvalue weighted by Gasteiger charge is -2.29. The van der Waals surface area contributed by atoms with Gasteiger partial charge in [-0.2, -0.15) is 5.26 Å². The summed E-state index contributed by atoms with van der Waals surface area (Å²) in [4.78, 5) is 6.19. The van der Waals surface area contributed by atoms with Crippen LogP contribution in [0.2, 0.25) is 0 Å². The van der Waals surface area contributed by atoms with Crippen LogP contribution in [0, 0.1) is 11.3 Å². The van der Waals surface area contributed by atoms with E-state index in [2.05, 4.69) is 31.9 Å². The third-order valence-corrected chi connectivity index (χ3v) is 2.95. The summed E-state index contributed by atoms with van der Waals surface area (Å²) >= 11 is 3.28. The highest BCUT2D eigenvalue weighted by atomic mass is 79.9. The van der Waals surface area contributed by atoms with Crippen molar-refractivity contribution in [1.82, 2.24) is 4.98 Å². The predicted molar refractivity (Wildman–Crippen MR) is 59.7 cm³/mol. The first kappa shape index (κ1) is 10.4. The Hall–Kier alpha value is -1.12. The first-order valence-corrected chi connectivity index (χ1v) is 5.49. The predicted octanol–water partition coefficient (Wildman–Crippen LogP) is 1.55. The second-order valence-electron chi connectivity index (χ2n) is 3.21. The van der Waals surface area contributed by atoms with Gasteiger partial charge < -0.3 is 9.64 Å². The van der Waals surface area contributed by atoms with Gasteiger partial charge in [0.1, 0.15) is 16.2 Å². The van der Waals surface area contributed by atoms with Gasteiger partial charge in [-0.15, -0.1) is 0 Å². The molecule has 1 aromatic heterocycles. The number of morpholine rings is 1. The Bertz CT molecular complexity index is 396. The van der Waals surface area contributed by atoms with Crippen LogP contribution in [0.4, 0.5) is 5.69 Å². The van der Waals surface area contributed by atoms with Crippen molar-refractivity contribution in [2.45, 2.75) is 0 Å². The minimum atomic E-state index is 0.597. The Morgan fingerprint density at radius 3 is 2.87 bits per heavy atom. The number of ether oxygens (including phenoxy) is 1. The summed E-state index contributed by atoms with van der Waals surface area (Å²) in [6.07, 6.45) is 1.70. The van der Waals surface area contributed by atoms with Crippen LogP contribution in [-0.4, -0.2) is 31.3 Å². The highest BCUT2D eigenvalue weighted by Crippen LogP contribution is 2.25. The zero-order chi connectivity index (χ0) is 10.7. The van der Waals surface area contributed by atoms with Crippen molar-refractivity contribution in [3.8, 4) is 6.07 Å². The molecule has 2 heterocycles. The number of rotatable bonds is 1. The molecule has 1 aliphatic heterocycles. The van der Waals surface area contributed by atoms with E-state index in [0.717, 1.165) is 18.8 Å². The number of pyridine rings is 1. The minimum absolute atomic E-state index is 0.597. The van der Waals surface area contributed by atoms with Crippen molar-refractivity contribution >= 4 is 21.6 Å². The lowest BCUT2D eigenvalue weighted by molar-refractivity contribution is 0.122. The lowest BCUT2D eigenvalue weighted by atomic mass is 10.2. The van der Waals surface area contributed by atoms with Crippen molar-refractivity contribution in [2.24, 2.45) is 0 Å². The molecule has 1 saturated heterocycles. The Kier molecular flexibility index (Phi) is 3.19. The van der Waals surface area contributed by atoms with Crippen LogP contribution in [0.25, 0.3) is 0 Å². The number of halogens is 1. The summed E-state index contributed by atoms with van der Waals surface area (Å²) in [5, 5.41) is 9.05. The fourth-order valence-corrected chi connectivity index (χ4v) is 2.01. The first-order valence-electron chi connectivity index (χ1n) is 4.70. The molecule has 0 N–H and O–H groups in total. The first-order chi connectivity index (χ1) is 7.33. The van der Waals surface area contributed by atoms with Gasteiger partial charge in [0.05, 0.1) is 18.9 Å². The van der Waals surface area contributed by atoms with E-state index >= 15 is 0 Å². The molecule has 1 fully saturated rings. The maximum atomic E-state index is 9.05. The molecule has 4 nitrogen and oxygen atoms in total. The molecule has 0 aromatic carbocycles. The van der Waals surface area contributed by atoms with E-state index in [1.54, 1.807) is 6.20 Å². The van der Waals surface area contributed by atoms with Crippen LogP contribution in [0.15, 0.2) is 16.9 Å². The molecule has 0 amide bonds. The summed E-state index contributed by atoms with van der Waals surface area (Å²) in [7, 11) is 0. The molecule has 0 radical (unpaired) electrons. The number of nitriles is 1. The fraction of sp³-hybridized carbons (Fsp3) is 0.400. The van der Waals surface area contributed by atoms with Crippen molar-refractivity contribution in [3.05, 3.63) is 22.4 Å². The Balaban J connectivity index is 2.34. The molecule has 0 aliphatic carbocycles. The zero-order valence-electron chi connectivity index (χ0n) is 8.11. The normalized spacial score (nSPS) is 16.1. The monoisotopic (exact) mass is 267 g/mol. The van der Waals surface area contributed by atoms with E-state index in [4.69, 9.17) is 10.00 Å². The Morgan fingerprint density at radius 2 is 2.20 bits per heavy atom. The molecule has 1 aliphatic rings. The molecule has 1 aromatic rings. The standard InChI is InChI=1S/C10H10BrN3O/c11-10-8(7-12)9(1-2-13-10)14-3-5-15-6-4-14/h1-2H,3-6H2. The van der Waals surface area contributed by atoms with Crippen LogP contribution in [0.1, 0.15) is 5.56 Å². The smallest absolute Gasteiger partial charge is 0.125 e. The van der Waals surface area contributed by atoms with Crippen LogP contribution in [-0.2, 0) is 4.74 Å². The van der Waals surface area contributed by atoms with E-state index in [1.165, 1.54) is 0 Å². The van der Waals surface area contributed by atoms with Crippen molar-refractivity contribution in [2.75, 3.05) is 31.2 Å². The summed E-state index contributed by atoms with van der Waals surface area (Å²) in [5.74, 6) is 0. The van der Waals surface area contributed by atoms with E-state index in [1.807, 2.05) is 6.07 Å². The topological polar surface area (TPSA) is 49.2 Å². The molecule has 5 heteroatoms. The molecule has 0 saturated carbocycles. The maximum absolute atomic E-state index is 9.05. The molecular formula is C10H10BrN3O. The molecule has 0 spiro atoms. The van der Waals surface area contributed by atoms with Crippen LogP contribution in [0.3, 0.4) is 0 Å². The molecule has 15 heavy (non-hydrogen) atoms. The van der Waals surface area contributed by atoms with Crippen LogP contribution >= 0.6 is 15.9 Å². The Morgan fingerprint density at radius 1 is 1.47 bits per heavy atom. The number of anilines is 1. The average Bonchev–Trinajstić information content (AvgIpc) is 2.30. The second kappa shape index (κ2) is 4.60. The summed E-state index contributed by atoms with van der Waals surface area (Å²) in [6.45, 7) is 3.08. The van der Waals surface area contributed by atoms with Gasteiger partial charge in [-0.1, -0.05) is 0 Å². The van der Waals surface area contributed by atoms with Gasteiger partial charge in [0.25, 0.3) is 0 Å². The summed E-state index contributed by atoms with van der Waals surface area (Å²) in [6, 6.07) is 4.04. The minimum Gasteiger partial charge on any atom is -0.378 e. The highest BCUT2D eigenvalue weighted by molar-refractivity contribution is 9.10. The van der Waals surface area contributed by atoms with Crippen LogP contribution in [0.5, 0.6) is 0 Å². The number of nitrogens with zero attached hydrogens (tertiary/aromatic N) is 3. The van der Waals surface area contributed by atoms with E-state index < -0.39 is 0 Å². The van der Waals surface area contributed by atoms with Gasteiger partial charge in [-0.05, 0) is 22.0 Å². The third kappa shape index (κ3) is 2.11. The molecule has 78 valence electrons. The van der Waals surface area contributed by atoms with Gasteiger partial charge in [0, 0.05) is 19.3 Å². The van der Waals surface area contributed by atoms with Crippen molar-refractivity contribution < 1.29 is 4.74 Å². The van der Waals surface area contributed by atoms with E-state index in [0.29, 0.717) is 23.4 Å². The van der Waals surface area contributed by atoms with Gasteiger partial charge >= 0.3 is 0 Å².